The second kappa shape index (κ2) is 5.44. The average Bonchev–Trinajstić information content (AvgIpc) is 2.40. The van der Waals surface area contributed by atoms with Crippen molar-refractivity contribution in [1.82, 2.24) is 0 Å². The van der Waals surface area contributed by atoms with Crippen LogP contribution < -0.4 is 0 Å². The summed E-state index contributed by atoms with van der Waals surface area (Å²) in [5.41, 5.74) is 0.263. The summed E-state index contributed by atoms with van der Waals surface area (Å²) in [4.78, 5) is 5.10. The van der Waals surface area contributed by atoms with Gasteiger partial charge in [0.2, 0.25) is 5.23 Å². The number of rotatable bonds is 1. The van der Waals surface area contributed by atoms with Crippen molar-refractivity contribution in [2.75, 3.05) is 5.75 Å². The highest BCUT2D eigenvalue weighted by Crippen LogP contribution is 2.48. The van der Waals surface area contributed by atoms with Gasteiger partial charge in [-0.15, -0.1) is 0 Å². The number of nitrogens with zero attached hydrogens (tertiary/aromatic N) is 1. The second-order valence-corrected chi connectivity index (χ2v) is 7.24. The minimum absolute atomic E-state index is 0.263. The summed E-state index contributed by atoms with van der Waals surface area (Å²) in [5.74, 6) is 1.79. The fraction of sp³-hybridized carbons (Fsp3) is 0.933. The van der Waals surface area contributed by atoms with Crippen molar-refractivity contribution in [2.45, 2.75) is 76.4 Å². The summed E-state index contributed by atoms with van der Waals surface area (Å²) in [6, 6.07) is 0. The number of ether oxygens (including phenoxy) is 1. The van der Waals surface area contributed by atoms with Gasteiger partial charge in [0, 0.05) is 5.92 Å². The molecule has 0 aromatic carbocycles. The van der Waals surface area contributed by atoms with Crippen molar-refractivity contribution in [3.8, 4) is 0 Å². The minimum atomic E-state index is 0.263. The molecule has 0 amide bonds. The van der Waals surface area contributed by atoms with Gasteiger partial charge in [-0.25, -0.2) is 4.99 Å². The van der Waals surface area contributed by atoms with Gasteiger partial charge in [0.1, 0.15) is 6.10 Å². The lowest BCUT2D eigenvalue weighted by molar-refractivity contribution is 0.00300. The van der Waals surface area contributed by atoms with Gasteiger partial charge in [-0.2, -0.15) is 0 Å². The molecule has 2 unspecified atom stereocenters. The number of hydrogen-bond donors (Lipinski definition) is 0. The lowest BCUT2D eigenvalue weighted by atomic mass is 9.66. The third kappa shape index (κ3) is 2.31. The molecule has 1 heterocycles. The Kier molecular flexibility index (Phi) is 3.88. The number of hydrogen-bond acceptors (Lipinski definition) is 3. The maximum atomic E-state index is 6.17. The molecule has 0 N–H and O–H groups in total. The van der Waals surface area contributed by atoms with Crippen LogP contribution in [-0.2, 0) is 4.74 Å². The standard InChI is InChI=1S/C15H25NOS/c1-2-18-14-16-15(10-6-3-7-11-15)12-8-4-5-9-13(12)17-14/h12-13H,2-11H2,1H3. The fourth-order valence-corrected chi connectivity index (χ4v) is 4.79. The first kappa shape index (κ1) is 12.8. The molecule has 0 bridgehead atoms. The van der Waals surface area contributed by atoms with Crippen LogP contribution in [0.25, 0.3) is 0 Å². The van der Waals surface area contributed by atoms with Crippen LogP contribution in [0.3, 0.4) is 0 Å². The lowest BCUT2D eigenvalue weighted by Crippen LogP contribution is -2.51. The molecule has 2 nitrogen and oxygen atoms in total. The summed E-state index contributed by atoms with van der Waals surface area (Å²) < 4.78 is 6.17. The van der Waals surface area contributed by atoms with E-state index in [2.05, 4.69) is 6.92 Å². The molecule has 2 saturated carbocycles. The molecular weight excluding hydrogens is 242 g/mol. The van der Waals surface area contributed by atoms with E-state index in [1.807, 2.05) is 0 Å². The molecule has 0 radical (unpaired) electrons. The summed E-state index contributed by atoms with van der Waals surface area (Å²) in [6.45, 7) is 2.19. The van der Waals surface area contributed by atoms with Crippen LogP contribution in [0, 0.1) is 5.92 Å². The van der Waals surface area contributed by atoms with Gasteiger partial charge in [0.15, 0.2) is 0 Å². The minimum Gasteiger partial charge on any atom is -0.469 e. The van der Waals surface area contributed by atoms with Gasteiger partial charge in [-0.1, -0.05) is 44.4 Å². The van der Waals surface area contributed by atoms with Crippen molar-refractivity contribution < 1.29 is 4.74 Å². The maximum Gasteiger partial charge on any atom is 0.246 e. The molecule has 3 aliphatic rings. The van der Waals surface area contributed by atoms with Crippen LogP contribution in [0.15, 0.2) is 4.99 Å². The molecule has 3 heteroatoms. The van der Waals surface area contributed by atoms with Gasteiger partial charge >= 0.3 is 0 Å². The van der Waals surface area contributed by atoms with Crippen LogP contribution in [0.5, 0.6) is 0 Å². The topological polar surface area (TPSA) is 21.6 Å². The van der Waals surface area contributed by atoms with E-state index in [0.29, 0.717) is 12.0 Å². The quantitative estimate of drug-likeness (QED) is 0.703. The summed E-state index contributed by atoms with van der Waals surface area (Å²) in [5, 5.41) is 1.00. The Morgan fingerprint density at radius 2 is 1.94 bits per heavy atom. The summed E-state index contributed by atoms with van der Waals surface area (Å²) in [6.07, 6.45) is 12.6. The zero-order chi connectivity index (χ0) is 12.4. The highest BCUT2D eigenvalue weighted by Gasteiger charge is 2.48. The molecule has 18 heavy (non-hydrogen) atoms. The van der Waals surface area contributed by atoms with E-state index in [1.54, 1.807) is 11.8 Å². The van der Waals surface area contributed by atoms with Gasteiger partial charge in [0.05, 0.1) is 5.54 Å². The SMILES string of the molecule is CCSC1=NC2(CCCCC2)C2CCCCC2O1. The van der Waals surface area contributed by atoms with E-state index in [4.69, 9.17) is 9.73 Å². The molecular formula is C15H25NOS. The first-order chi connectivity index (χ1) is 8.84. The highest BCUT2D eigenvalue weighted by molar-refractivity contribution is 8.13. The third-order valence-corrected chi connectivity index (χ3v) is 5.67. The Morgan fingerprint density at radius 1 is 1.17 bits per heavy atom. The first-order valence-corrected chi connectivity index (χ1v) is 8.72. The predicted molar refractivity (Wildman–Crippen MR) is 78.2 cm³/mol. The molecule has 0 aromatic rings. The van der Waals surface area contributed by atoms with Crippen molar-refractivity contribution in [3.63, 3.8) is 0 Å². The number of thioether (sulfide) groups is 1. The molecule has 1 spiro atoms. The Hall–Kier alpha value is -0.180. The predicted octanol–water partition coefficient (Wildman–Crippen LogP) is 4.39. The summed E-state index contributed by atoms with van der Waals surface area (Å²) >= 11 is 1.80. The molecule has 0 saturated heterocycles. The highest BCUT2D eigenvalue weighted by atomic mass is 32.2. The van der Waals surface area contributed by atoms with Gasteiger partial charge < -0.3 is 4.74 Å². The van der Waals surface area contributed by atoms with E-state index in [0.717, 1.165) is 11.0 Å². The van der Waals surface area contributed by atoms with E-state index in [1.165, 1.54) is 57.8 Å². The van der Waals surface area contributed by atoms with Crippen LogP contribution in [0.4, 0.5) is 0 Å². The fourth-order valence-electron chi connectivity index (χ4n) is 4.11. The normalized spacial score (nSPS) is 34.6. The van der Waals surface area contributed by atoms with Gasteiger partial charge in [-0.3, -0.25) is 0 Å². The molecule has 2 aliphatic carbocycles. The van der Waals surface area contributed by atoms with Crippen molar-refractivity contribution >= 4 is 17.0 Å². The Labute approximate surface area is 115 Å². The zero-order valence-corrected chi connectivity index (χ0v) is 12.3. The zero-order valence-electron chi connectivity index (χ0n) is 11.5. The second-order valence-electron chi connectivity index (χ2n) is 6.02. The molecule has 3 rings (SSSR count). The van der Waals surface area contributed by atoms with Crippen LogP contribution >= 0.6 is 11.8 Å². The number of fused-ring (bicyclic) bond motifs is 2. The van der Waals surface area contributed by atoms with E-state index >= 15 is 0 Å². The van der Waals surface area contributed by atoms with E-state index in [-0.39, 0.29) is 5.54 Å². The molecule has 0 aromatic heterocycles. The smallest absolute Gasteiger partial charge is 0.246 e. The van der Waals surface area contributed by atoms with Crippen molar-refractivity contribution in [3.05, 3.63) is 0 Å². The monoisotopic (exact) mass is 267 g/mol. The van der Waals surface area contributed by atoms with Gasteiger partial charge in [-0.05, 0) is 37.9 Å². The summed E-state index contributed by atoms with van der Waals surface area (Å²) in [7, 11) is 0. The average molecular weight is 267 g/mol. The Morgan fingerprint density at radius 3 is 2.72 bits per heavy atom. The third-order valence-electron chi connectivity index (χ3n) is 4.95. The van der Waals surface area contributed by atoms with Crippen molar-refractivity contribution in [2.24, 2.45) is 10.9 Å². The van der Waals surface area contributed by atoms with Crippen LogP contribution in [0.1, 0.15) is 64.7 Å². The first-order valence-electron chi connectivity index (χ1n) is 7.73. The van der Waals surface area contributed by atoms with Crippen LogP contribution in [0.2, 0.25) is 0 Å². The Bertz CT molecular complexity index is 322. The molecule has 1 aliphatic heterocycles. The maximum absolute atomic E-state index is 6.17. The molecule has 102 valence electrons. The Balaban J connectivity index is 1.87. The van der Waals surface area contributed by atoms with Crippen molar-refractivity contribution in [1.29, 1.82) is 0 Å². The van der Waals surface area contributed by atoms with E-state index < -0.39 is 0 Å². The van der Waals surface area contributed by atoms with Crippen LogP contribution in [-0.4, -0.2) is 22.6 Å². The molecule has 2 fully saturated rings. The lowest BCUT2D eigenvalue weighted by Gasteiger charge is -2.49. The molecule has 2 atom stereocenters. The van der Waals surface area contributed by atoms with E-state index in [9.17, 15) is 0 Å². The largest absolute Gasteiger partial charge is 0.469 e. The van der Waals surface area contributed by atoms with Gasteiger partial charge in [0.25, 0.3) is 0 Å². The number of aliphatic imine (C=N–C) groups is 1.